The Morgan fingerprint density at radius 2 is 2.35 bits per heavy atom. The van der Waals surface area contributed by atoms with Crippen LogP contribution in [0.2, 0.25) is 0 Å². The molecule has 0 spiro atoms. The molecule has 1 aromatic rings. The second-order valence-corrected chi connectivity index (χ2v) is 5.26. The minimum atomic E-state index is 0.269. The minimum absolute atomic E-state index is 0.269. The van der Waals surface area contributed by atoms with Crippen LogP contribution in [0.3, 0.4) is 0 Å². The Labute approximate surface area is 102 Å². The summed E-state index contributed by atoms with van der Waals surface area (Å²) >= 11 is 0. The highest BCUT2D eigenvalue weighted by atomic mass is 16.3. The SMILES string of the molecule is Cc1ccc2c(c1)C1CN(CCO)CCC1N2. The summed E-state index contributed by atoms with van der Waals surface area (Å²) in [4.78, 5) is 2.38. The molecule has 2 unspecified atom stereocenters. The number of β-amino-alcohol motifs (C(OH)–C–C–N with tert-alkyl or cyclic N) is 1. The number of anilines is 1. The van der Waals surface area contributed by atoms with Crippen molar-refractivity contribution in [1.82, 2.24) is 4.90 Å². The summed E-state index contributed by atoms with van der Waals surface area (Å²) in [6.07, 6.45) is 1.18. The molecular formula is C14H20N2O. The van der Waals surface area contributed by atoms with Crippen LogP contribution in [-0.2, 0) is 0 Å². The highest BCUT2D eigenvalue weighted by Gasteiger charge is 2.36. The molecule has 0 saturated carbocycles. The number of hydrogen-bond acceptors (Lipinski definition) is 3. The molecule has 92 valence electrons. The van der Waals surface area contributed by atoms with Gasteiger partial charge in [-0.25, -0.2) is 0 Å². The van der Waals surface area contributed by atoms with Crippen LogP contribution in [0.15, 0.2) is 18.2 Å². The predicted molar refractivity (Wildman–Crippen MR) is 69.5 cm³/mol. The average molecular weight is 232 g/mol. The maximum Gasteiger partial charge on any atom is 0.0558 e. The van der Waals surface area contributed by atoms with Crippen LogP contribution < -0.4 is 5.32 Å². The zero-order chi connectivity index (χ0) is 11.8. The second-order valence-electron chi connectivity index (χ2n) is 5.26. The molecule has 2 heterocycles. The molecule has 3 heteroatoms. The third kappa shape index (κ3) is 1.94. The van der Waals surface area contributed by atoms with E-state index in [4.69, 9.17) is 5.11 Å². The molecule has 2 aliphatic heterocycles. The molecule has 2 N–H and O–H groups in total. The first-order valence-electron chi connectivity index (χ1n) is 6.48. The monoisotopic (exact) mass is 232 g/mol. The number of nitrogens with one attached hydrogen (secondary N) is 1. The summed E-state index contributed by atoms with van der Waals surface area (Å²) in [7, 11) is 0. The largest absolute Gasteiger partial charge is 0.395 e. The van der Waals surface area contributed by atoms with E-state index in [2.05, 4.69) is 35.3 Å². The van der Waals surface area contributed by atoms with Gasteiger partial charge < -0.3 is 15.3 Å². The summed E-state index contributed by atoms with van der Waals surface area (Å²) in [5.74, 6) is 0.602. The molecule has 0 amide bonds. The number of piperidine rings is 1. The fourth-order valence-electron chi connectivity index (χ4n) is 3.17. The minimum Gasteiger partial charge on any atom is -0.395 e. The molecule has 1 saturated heterocycles. The Bertz CT molecular complexity index is 419. The predicted octanol–water partition coefficient (Wildman–Crippen LogP) is 1.57. The van der Waals surface area contributed by atoms with E-state index in [1.54, 1.807) is 0 Å². The molecular weight excluding hydrogens is 212 g/mol. The molecule has 0 aliphatic carbocycles. The van der Waals surface area contributed by atoms with Gasteiger partial charge in [0.2, 0.25) is 0 Å². The van der Waals surface area contributed by atoms with E-state index < -0.39 is 0 Å². The second kappa shape index (κ2) is 4.31. The number of aliphatic hydroxyl groups excluding tert-OH is 1. The van der Waals surface area contributed by atoms with Gasteiger partial charge in [-0.05, 0) is 25.0 Å². The maximum absolute atomic E-state index is 9.04. The van der Waals surface area contributed by atoms with Crippen LogP contribution >= 0.6 is 0 Å². The number of likely N-dealkylation sites (tertiary alicyclic amines) is 1. The third-order valence-corrected chi connectivity index (χ3v) is 4.06. The van der Waals surface area contributed by atoms with Crippen molar-refractivity contribution in [2.24, 2.45) is 0 Å². The van der Waals surface area contributed by atoms with Crippen LogP contribution in [0.4, 0.5) is 5.69 Å². The number of aliphatic hydroxyl groups is 1. The fraction of sp³-hybridized carbons (Fsp3) is 0.571. The summed E-state index contributed by atoms with van der Waals surface area (Å²) in [6.45, 7) is 5.41. The van der Waals surface area contributed by atoms with Crippen LogP contribution in [0.1, 0.15) is 23.5 Å². The van der Waals surface area contributed by atoms with Gasteiger partial charge >= 0.3 is 0 Å². The van der Waals surface area contributed by atoms with Gasteiger partial charge in [0.15, 0.2) is 0 Å². The van der Waals surface area contributed by atoms with Crippen LogP contribution in [0.5, 0.6) is 0 Å². The Morgan fingerprint density at radius 3 is 3.18 bits per heavy atom. The molecule has 1 fully saturated rings. The number of hydrogen-bond donors (Lipinski definition) is 2. The van der Waals surface area contributed by atoms with Crippen molar-refractivity contribution in [3.05, 3.63) is 29.3 Å². The van der Waals surface area contributed by atoms with E-state index in [0.29, 0.717) is 12.0 Å². The van der Waals surface area contributed by atoms with E-state index in [-0.39, 0.29) is 6.61 Å². The van der Waals surface area contributed by atoms with E-state index in [1.165, 1.54) is 23.2 Å². The number of nitrogens with zero attached hydrogens (tertiary/aromatic N) is 1. The van der Waals surface area contributed by atoms with Gasteiger partial charge in [0, 0.05) is 37.3 Å². The van der Waals surface area contributed by atoms with Crippen molar-refractivity contribution in [3.63, 3.8) is 0 Å². The van der Waals surface area contributed by atoms with Crippen LogP contribution in [0.25, 0.3) is 0 Å². The maximum atomic E-state index is 9.04. The normalized spacial score (nSPS) is 27.4. The lowest BCUT2D eigenvalue weighted by Gasteiger charge is -2.34. The Hall–Kier alpha value is -1.06. The van der Waals surface area contributed by atoms with Gasteiger partial charge in [-0.15, -0.1) is 0 Å². The Balaban J connectivity index is 1.84. The summed E-state index contributed by atoms with van der Waals surface area (Å²) in [6, 6.07) is 7.30. The number of rotatable bonds is 2. The highest BCUT2D eigenvalue weighted by Crippen LogP contribution is 2.40. The number of aryl methyl sites for hydroxylation is 1. The first-order valence-corrected chi connectivity index (χ1v) is 6.48. The van der Waals surface area contributed by atoms with Crippen molar-refractivity contribution in [3.8, 4) is 0 Å². The van der Waals surface area contributed by atoms with E-state index >= 15 is 0 Å². The van der Waals surface area contributed by atoms with Crippen molar-refractivity contribution in [2.45, 2.75) is 25.3 Å². The lowest BCUT2D eigenvalue weighted by atomic mass is 9.89. The molecule has 17 heavy (non-hydrogen) atoms. The Morgan fingerprint density at radius 1 is 1.47 bits per heavy atom. The van der Waals surface area contributed by atoms with Gasteiger partial charge in [0.25, 0.3) is 0 Å². The van der Waals surface area contributed by atoms with Crippen LogP contribution in [-0.4, -0.2) is 42.3 Å². The Kier molecular flexibility index (Phi) is 2.81. The van der Waals surface area contributed by atoms with Gasteiger partial charge in [-0.2, -0.15) is 0 Å². The van der Waals surface area contributed by atoms with E-state index in [1.807, 2.05) is 0 Å². The van der Waals surface area contributed by atoms with Gasteiger partial charge in [0.1, 0.15) is 0 Å². The summed E-state index contributed by atoms with van der Waals surface area (Å²) in [5, 5.41) is 12.7. The van der Waals surface area contributed by atoms with Gasteiger partial charge in [0.05, 0.1) is 6.61 Å². The van der Waals surface area contributed by atoms with Gasteiger partial charge in [-0.3, -0.25) is 0 Å². The average Bonchev–Trinajstić information content (AvgIpc) is 2.67. The standard InChI is InChI=1S/C14H20N2O/c1-10-2-3-13-11(8-10)12-9-16(6-7-17)5-4-14(12)15-13/h2-3,8,12,14-15,17H,4-7,9H2,1H3. The summed E-state index contributed by atoms with van der Waals surface area (Å²) < 4.78 is 0. The highest BCUT2D eigenvalue weighted by molar-refractivity contribution is 5.60. The van der Waals surface area contributed by atoms with Crippen molar-refractivity contribution >= 4 is 5.69 Å². The van der Waals surface area contributed by atoms with Gasteiger partial charge in [-0.1, -0.05) is 17.7 Å². The smallest absolute Gasteiger partial charge is 0.0558 e. The topological polar surface area (TPSA) is 35.5 Å². The first kappa shape index (κ1) is 11.1. The quantitative estimate of drug-likeness (QED) is 0.812. The molecule has 3 rings (SSSR count). The molecule has 3 nitrogen and oxygen atoms in total. The third-order valence-electron chi connectivity index (χ3n) is 4.06. The fourth-order valence-corrected chi connectivity index (χ4v) is 3.17. The van der Waals surface area contributed by atoms with Crippen LogP contribution in [0, 0.1) is 6.92 Å². The zero-order valence-electron chi connectivity index (χ0n) is 10.3. The number of fused-ring (bicyclic) bond motifs is 3. The number of benzene rings is 1. The molecule has 2 atom stereocenters. The molecule has 0 aromatic heterocycles. The van der Waals surface area contributed by atoms with Crippen molar-refractivity contribution in [1.29, 1.82) is 0 Å². The molecule has 0 bridgehead atoms. The first-order chi connectivity index (χ1) is 8.28. The van der Waals surface area contributed by atoms with E-state index in [0.717, 1.165) is 19.6 Å². The van der Waals surface area contributed by atoms with Crippen molar-refractivity contribution < 1.29 is 5.11 Å². The molecule has 1 aromatic carbocycles. The van der Waals surface area contributed by atoms with E-state index in [9.17, 15) is 0 Å². The lowest BCUT2D eigenvalue weighted by molar-refractivity contribution is 0.158. The summed E-state index contributed by atoms with van der Waals surface area (Å²) in [5.41, 5.74) is 4.12. The zero-order valence-corrected chi connectivity index (χ0v) is 10.3. The van der Waals surface area contributed by atoms with Crippen molar-refractivity contribution in [2.75, 3.05) is 31.6 Å². The molecule has 2 aliphatic rings. The molecule has 0 radical (unpaired) electrons. The lowest BCUT2D eigenvalue weighted by Crippen LogP contribution is -2.43.